The Kier molecular flexibility index (Phi) is 2.86. The van der Waals surface area contributed by atoms with Crippen molar-refractivity contribution in [3.63, 3.8) is 0 Å². The highest BCUT2D eigenvalue weighted by atomic mass is 32.1. The summed E-state index contributed by atoms with van der Waals surface area (Å²) in [5.74, 6) is 0. The van der Waals surface area contributed by atoms with Crippen molar-refractivity contribution in [1.29, 1.82) is 0 Å². The molecule has 1 amide bonds. The molecule has 1 saturated heterocycles. The molecule has 1 aromatic heterocycles. The number of hydrogen-bond acceptors (Lipinski definition) is 2. The van der Waals surface area contributed by atoms with Crippen LogP contribution in [0.4, 0.5) is 0 Å². The van der Waals surface area contributed by atoms with Gasteiger partial charge in [0, 0.05) is 12.2 Å². The molecule has 0 spiro atoms. The number of hydrogen-bond donors (Lipinski definition) is 1. The van der Waals surface area contributed by atoms with Gasteiger partial charge in [0.1, 0.15) is 4.64 Å². The molecule has 1 unspecified atom stereocenters. The van der Waals surface area contributed by atoms with Crippen molar-refractivity contribution in [1.82, 2.24) is 9.88 Å². The fourth-order valence-corrected chi connectivity index (χ4v) is 2.42. The maximum atomic E-state index is 10.9. The van der Waals surface area contributed by atoms with Crippen LogP contribution in [-0.2, 0) is 4.79 Å². The highest BCUT2D eigenvalue weighted by Crippen LogP contribution is 2.31. The van der Waals surface area contributed by atoms with Crippen LogP contribution in [0.25, 0.3) is 0 Å². The normalized spacial score (nSPS) is 20.6. The molecule has 0 aromatic carbocycles. The van der Waals surface area contributed by atoms with Gasteiger partial charge in [0.2, 0.25) is 6.41 Å². The van der Waals surface area contributed by atoms with E-state index in [9.17, 15) is 4.79 Å². The second-order valence-electron chi connectivity index (χ2n) is 3.90. The Morgan fingerprint density at radius 1 is 1.60 bits per heavy atom. The Morgan fingerprint density at radius 2 is 2.40 bits per heavy atom. The number of carbonyl (C=O) groups is 1. The number of nitrogens with one attached hydrogen (secondary N) is 1. The van der Waals surface area contributed by atoms with Crippen molar-refractivity contribution in [2.75, 3.05) is 6.54 Å². The van der Waals surface area contributed by atoms with E-state index in [0.29, 0.717) is 0 Å². The van der Waals surface area contributed by atoms with Crippen molar-refractivity contribution in [3.05, 3.63) is 28.0 Å². The summed E-state index contributed by atoms with van der Waals surface area (Å²) in [5.41, 5.74) is 2.26. The van der Waals surface area contributed by atoms with Gasteiger partial charge in [-0.25, -0.2) is 0 Å². The third-order valence-electron chi connectivity index (χ3n) is 2.95. The van der Waals surface area contributed by atoms with Gasteiger partial charge in [0.05, 0.1) is 6.04 Å². The summed E-state index contributed by atoms with van der Waals surface area (Å²) in [5, 5.41) is 0. The molecule has 15 heavy (non-hydrogen) atoms. The van der Waals surface area contributed by atoms with Gasteiger partial charge in [-0.05, 0) is 31.4 Å². The average Bonchev–Trinajstić information content (AvgIpc) is 2.65. The van der Waals surface area contributed by atoms with Crippen molar-refractivity contribution in [2.24, 2.45) is 0 Å². The Morgan fingerprint density at radius 3 is 3.07 bits per heavy atom. The van der Waals surface area contributed by atoms with Crippen LogP contribution in [0.2, 0.25) is 0 Å². The van der Waals surface area contributed by atoms with Crippen LogP contribution in [0.5, 0.6) is 0 Å². The molecule has 1 aliphatic heterocycles. The predicted octanol–water partition coefficient (Wildman–Crippen LogP) is 2.35. The number of aromatic nitrogens is 1. The predicted molar refractivity (Wildman–Crippen MR) is 61.1 cm³/mol. The summed E-state index contributed by atoms with van der Waals surface area (Å²) >= 11 is 5.05. The molecule has 2 heterocycles. The van der Waals surface area contributed by atoms with Gasteiger partial charge >= 0.3 is 0 Å². The number of carbonyl (C=O) groups excluding carboxylic acids is 1. The largest absolute Gasteiger partial charge is 0.350 e. The fourth-order valence-electron chi connectivity index (χ4n) is 2.20. The van der Waals surface area contributed by atoms with E-state index in [0.717, 1.165) is 36.1 Å². The summed E-state index contributed by atoms with van der Waals surface area (Å²) < 4.78 is 0.743. The Balaban J connectivity index is 2.36. The van der Waals surface area contributed by atoms with Crippen LogP contribution in [0.1, 0.15) is 30.1 Å². The van der Waals surface area contributed by atoms with E-state index in [4.69, 9.17) is 12.2 Å². The van der Waals surface area contributed by atoms with E-state index in [1.54, 1.807) is 0 Å². The lowest BCUT2D eigenvalue weighted by Gasteiger charge is -2.21. The minimum atomic E-state index is 0.231. The Labute approximate surface area is 94.1 Å². The van der Waals surface area contributed by atoms with Crippen molar-refractivity contribution >= 4 is 18.6 Å². The zero-order valence-corrected chi connectivity index (χ0v) is 9.51. The van der Waals surface area contributed by atoms with E-state index in [1.165, 1.54) is 5.56 Å². The summed E-state index contributed by atoms with van der Waals surface area (Å²) in [6.45, 7) is 2.87. The molecule has 1 aromatic rings. The number of aryl methyl sites for hydroxylation is 1. The standard InChI is InChI=1S/C11H14N2OS/c1-8-9(4-5-11(15)12-8)10-3-2-6-13(10)7-14/h4-5,7,10H,2-3,6H2,1H3,(H,12,15). The minimum absolute atomic E-state index is 0.231. The second kappa shape index (κ2) is 4.14. The van der Waals surface area contributed by atoms with E-state index in [1.807, 2.05) is 24.0 Å². The van der Waals surface area contributed by atoms with Crippen molar-refractivity contribution < 1.29 is 4.79 Å². The van der Waals surface area contributed by atoms with Crippen LogP contribution >= 0.6 is 12.2 Å². The Bertz CT molecular complexity index is 427. The fraction of sp³-hybridized carbons (Fsp3) is 0.455. The smallest absolute Gasteiger partial charge is 0.210 e. The van der Waals surface area contributed by atoms with Crippen LogP contribution in [-0.4, -0.2) is 22.8 Å². The van der Waals surface area contributed by atoms with Crippen LogP contribution in [0, 0.1) is 11.6 Å². The molecule has 2 rings (SSSR count). The zero-order chi connectivity index (χ0) is 10.8. The summed E-state index contributed by atoms with van der Waals surface area (Å²) in [7, 11) is 0. The molecule has 0 aliphatic carbocycles. The van der Waals surface area contributed by atoms with Crippen LogP contribution < -0.4 is 0 Å². The molecule has 0 radical (unpaired) electrons. The zero-order valence-electron chi connectivity index (χ0n) is 8.69. The summed E-state index contributed by atoms with van der Waals surface area (Å²) in [6.07, 6.45) is 3.07. The van der Waals surface area contributed by atoms with Gasteiger partial charge in [-0.2, -0.15) is 0 Å². The molecule has 1 N–H and O–H groups in total. The third kappa shape index (κ3) is 1.95. The average molecular weight is 222 g/mol. The molecular formula is C11H14N2OS. The van der Waals surface area contributed by atoms with Crippen molar-refractivity contribution in [3.8, 4) is 0 Å². The number of aromatic amines is 1. The van der Waals surface area contributed by atoms with Gasteiger partial charge in [-0.3, -0.25) is 4.79 Å². The molecule has 80 valence electrons. The lowest BCUT2D eigenvalue weighted by atomic mass is 10.0. The first-order chi connectivity index (χ1) is 7.22. The van der Waals surface area contributed by atoms with Crippen LogP contribution in [0.3, 0.4) is 0 Å². The second-order valence-corrected chi connectivity index (χ2v) is 4.34. The van der Waals surface area contributed by atoms with Crippen LogP contribution in [0.15, 0.2) is 12.1 Å². The molecule has 0 saturated carbocycles. The molecule has 4 heteroatoms. The molecule has 3 nitrogen and oxygen atoms in total. The third-order valence-corrected chi connectivity index (χ3v) is 3.18. The van der Waals surface area contributed by atoms with Gasteiger partial charge < -0.3 is 9.88 Å². The van der Waals surface area contributed by atoms with E-state index in [2.05, 4.69) is 4.98 Å². The summed E-state index contributed by atoms with van der Waals surface area (Å²) in [6, 6.07) is 4.15. The topological polar surface area (TPSA) is 36.1 Å². The first-order valence-corrected chi connectivity index (χ1v) is 5.54. The van der Waals surface area contributed by atoms with Gasteiger partial charge in [0.25, 0.3) is 0 Å². The number of pyridine rings is 1. The number of H-pyrrole nitrogens is 1. The summed E-state index contributed by atoms with van der Waals surface area (Å²) in [4.78, 5) is 15.9. The van der Waals surface area contributed by atoms with Gasteiger partial charge in [-0.15, -0.1) is 0 Å². The molecule has 0 bridgehead atoms. The first kappa shape index (κ1) is 10.4. The monoisotopic (exact) mass is 222 g/mol. The number of nitrogens with zero attached hydrogens (tertiary/aromatic N) is 1. The SMILES string of the molecule is Cc1[nH]c(=S)ccc1C1CCCN1C=O. The van der Waals surface area contributed by atoms with E-state index < -0.39 is 0 Å². The van der Waals surface area contributed by atoms with Crippen molar-refractivity contribution in [2.45, 2.75) is 25.8 Å². The van der Waals surface area contributed by atoms with E-state index in [-0.39, 0.29) is 6.04 Å². The maximum Gasteiger partial charge on any atom is 0.210 e. The number of likely N-dealkylation sites (tertiary alicyclic amines) is 1. The lowest BCUT2D eigenvalue weighted by molar-refractivity contribution is -0.118. The maximum absolute atomic E-state index is 10.9. The van der Waals surface area contributed by atoms with Gasteiger partial charge in [-0.1, -0.05) is 18.3 Å². The highest BCUT2D eigenvalue weighted by Gasteiger charge is 2.25. The first-order valence-electron chi connectivity index (χ1n) is 5.13. The lowest BCUT2D eigenvalue weighted by Crippen LogP contribution is -2.22. The quantitative estimate of drug-likeness (QED) is 0.616. The van der Waals surface area contributed by atoms with E-state index >= 15 is 0 Å². The molecular weight excluding hydrogens is 208 g/mol. The number of amides is 1. The minimum Gasteiger partial charge on any atom is -0.350 e. The van der Waals surface area contributed by atoms with Gasteiger partial charge in [0.15, 0.2) is 0 Å². The Hall–Kier alpha value is -1.16. The molecule has 1 atom stereocenters. The number of rotatable bonds is 2. The highest BCUT2D eigenvalue weighted by molar-refractivity contribution is 7.71. The molecule has 1 fully saturated rings. The molecule has 1 aliphatic rings.